The highest BCUT2D eigenvalue weighted by molar-refractivity contribution is 5.65. The van der Waals surface area contributed by atoms with Crippen molar-refractivity contribution in [3.63, 3.8) is 0 Å². The SMILES string of the molecule is Oc1cc(O)c2c(c1)O[C@H](c1ccc(O)c(O)c1)[C@@H](O)[C@@H]2c1c(O)cc2c(c1O)C[C@H](O)[C@@H](c1ccc(O)c(O)c1)O2. The lowest BCUT2D eigenvalue weighted by Gasteiger charge is -2.39. The molecule has 0 amide bonds. The van der Waals surface area contributed by atoms with Crippen LogP contribution in [0.1, 0.15) is 45.9 Å². The molecule has 0 fully saturated rings. The van der Waals surface area contributed by atoms with Gasteiger partial charge in [-0.25, -0.2) is 0 Å². The van der Waals surface area contributed by atoms with Gasteiger partial charge < -0.3 is 60.5 Å². The second-order valence-corrected chi connectivity index (χ2v) is 10.3. The Kier molecular flexibility index (Phi) is 6.24. The number of phenols is 8. The van der Waals surface area contributed by atoms with E-state index < -0.39 is 64.8 Å². The predicted octanol–water partition coefficient (Wildman–Crippen LogP) is 3.00. The number of rotatable bonds is 3. The van der Waals surface area contributed by atoms with Gasteiger partial charge in [-0.05, 0) is 35.4 Å². The summed E-state index contributed by atoms with van der Waals surface area (Å²) >= 11 is 0. The minimum atomic E-state index is -1.60. The van der Waals surface area contributed by atoms with E-state index in [4.69, 9.17) is 9.47 Å². The first-order chi connectivity index (χ1) is 19.9. The summed E-state index contributed by atoms with van der Waals surface area (Å²) in [5, 5.41) is 105. The van der Waals surface area contributed by atoms with Gasteiger partial charge in [-0.15, -0.1) is 0 Å². The first kappa shape index (κ1) is 27.0. The zero-order valence-corrected chi connectivity index (χ0v) is 21.6. The molecule has 42 heavy (non-hydrogen) atoms. The van der Waals surface area contributed by atoms with Gasteiger partial charge in [0.1, 0.15) is 46.7 Å². The van der Waals surface area contributed by atoms with Gasteiger partial charge in [-0.2, -0.15) is 0 Å². The molecule has 4 aromatic carbocycles. The Morgan fingerprint density at radius 2 is 1.12 bits per heavy atom. The second-order valence-electron chi connectivity index (χ2n) is 10.3. The molecular weight excluding hydrogens is 552 g/mol. The van der Waals surface area contributed by atoms with E-state index in [1.165, 1.54) is 42.5 Å². The Hall–Kier alpha value is -5.20. The molecule has 5 atom stereocenters. The van der Waals surface area contributed by atoms with Crippen LogP contribution in [-0.4, -0.2) is 63.3 Å². The lowest BCUT2D eigenvalue weighted by atomic mass is 9.77. The van der Waals surface area contributed by atoms with Crippen LogP contribution < -0.4 is 9.47 Å². The van der Waals surface area contributed by atoms with Crippen molar-refractivity contribution in [1.29, 1.82) is 0 Å². The molecule has 0 spiro atoms. The van der Waals surface area contributed by atoms with E-state index >= 15 is 0 Å². The van der Waals surface area contributed by atoms with Crippen molar-refractivity contribution < 1.29 is 60.5 Å². The summed E-state index contributed by atoms with van der Waals surface area (Å²) in [6.45, 7) is 0. The van der Waals surface area contributed by atoms with Crippen molar-refractivity contribution in [1.82, 2.24) is 0 Å². The van der Waals surface area contributed by atoms with E-state index in [0.29, 0.717) is 5.56 Å². The third-order valence-corrected chi connectivity index (χ3v) is 7.69. The summed E-state index contributed by atoms with van der Waals surface area (Å²) in [4.78, 5) is 0. The average molecular weight is 579 g/mol. The number of fused-ring (bicyclic) bond motifs is 2. The zero-order chi connectivity index (χ0) is 30.0. The fraction of sp³-hybridized carbons (Fsp3) is 0.200. The summed E-state index contributed by atoms with van der Waals surface area (Å²) in [5.74, 6) is -5.07. The van der Waals surface area contributed by atoms with Gasteiger partial charge >= 0.3 is 0 Å². The fourth-order valence-electron chi connectivity index (χ4n) is 5.70. The first-order valence-electron chi connectivity index (χ1n) is 12.8. The zero-order valence-electron chi connectivity index (χ0n) is 21.6. The number of ether oxygens (including phenoxy) is 2. The van der Waals surface area contributed by atoms with Crippen LogP contribution in [0.5, 0.6) is 57.5 Å². The summed E-state index contributed by atoms with van der Waals surface area (Å²) < 4.78 is 11.8. The molecule has 0 aliphatic carbocycles. The van der Waals surface area contributed by atoms with Crippen molar-refractivity contribution in [2.24, 2.45) is 0 Å². The Morgan fingerprint density at radius 1 is 0.548 bits per heavy atom. The molecule has 0 saturated heterocycles. The van der Waals surface area contributed by atoms with Gasteiger partial charge in [0.15, 0.2) is 29.1 Å². The van der Waals surface area contributed by atoms with Crippen molar-refractivity contribution >= 4 is 0 Å². The smallest absolute Gasteiger partial charge is 0.157 e. The van der Waals surface area contributed by atoms with E-state index in [9.17, 15) is 51.1 Å². The Labute approximate surface area is 237 Å². The Bertz CT molecular complexity index is 1720. The summed E-state index contributed by atoms with van der Waals surface area (Å²) in [5.41, 5.74) is 0.333. The Morgan fingerprint density at radius 3 is 1.74 bits per heavy atom. The minimum absolute atomic E-state index is 0.00771. The summed E-state index contributed by atoms with van der Waals surface area (Å²) in [6.07, 6.45) is -5.31. The second kappa shape index (κ2) is 9.72. The molecule has 2 aliphatic heterocycles. The van der Waals surface area contributed by atoms with Crippen molar-refractivity contribution in [2.75, 3.05) is 0 Å². The van der Waals surface area contributed by atoms with Crippen LogP contribution in [0.2, 0.25) is 0 Å². The van der Waals surface area contributed by atoms with E-state index in [0.717, 1.165) is 12.1 Å². The number of aliphatic hydroxyl groups excluding tert-OH is 2. The van der Waals surface area contributed by atoms with Crippen LogP contribution in [0, 0.1) is 0 Å². The van der Waals surface area contributed by atoms with Crippen LogP contribution in [0.4, 0.5) is 0 Å². The highest BCUT2D eigenvalue weighted by Gasteiger charge is 2.45. The number of hydrogen-bond donors (Lipinski definition) is 10. The molecule has 0 bridgehead atoms. The number of benzene rings is 4. The third kappa shape index (κ3) is 4.24. The van der Waals surface area contributed by atoms with Gasteiger partial charge in [0, 0.05) is 41.3 Å². The molecule has 2 aliphatic rings. The standard InChI is InChI=1S/C30H26O12/c31-13-7-19(36)24-23(8-13)42-30(12-2-4-16(33)18(35)6-12)28(40)26(24)25-20(37)10-22-14(27(25)39)9-21(38)29(41-22)11-1-3-15(32)17(34)5-11/h1-8,10,21,26,28-40H,9H2/t21-,26-,28-,29+,30+/m0/s1. The van der Waals surface area contributed by atoms with E-state index in [1.54, 1.807) is 0 Å². The maximum absolute atomic E-state index is 11.6. The molecule has 12 nitrogen and oxygen atoms in total. The van der Waals surface area contributed by atoms with Crippen LogP contribution >= 0.6 is 0 Å². The molecule has 0 radical (unpaired) electrons. The van der Waals surface area contributed by atoms with Crippen LogP contribution in [0.25, 0.3) is 0 Å². The molecule has 0 saturated carbocycles. The Balaban J connectivity index is 1.47. The third-order valence-electron chi connectivity index (χ3n) is 7.69. The highest BCUT2D eigenvalue weighted by Crippen LogP contribution is 2.56. The molecule has 10 N–H and O–H groups in total. The van der Waals surface area contributed by atoms with Gasteiger partial charge in [-0.1, -0.05) is 12.1 Å². The normalized spacial score (nSPS) is 22.9. The monoisotopic (exact) mass is 578 g/mol. The maximum Gasteiger partial charge on any atom is 0.157 e. The quantitative estimate of drug-likeness (QED) is 0.159. The van der Waals surface area contributed by atoms with Crippen molar-refractivity contribution in [2.45, 2.75) is 36.8 Å². The number of aliphatic hydroxyl groups is 2. The molecule has 0 unspecified atom stereocenters. The lowest BCUT2D eigenvalue weighted by Crippen LogP contribution is -2.35. The van der Waals surface area contributed by atoms with E-state index in [-0.39, 0.29) is 51.7 Å². The van der Waals surface area contributed by atoms with E-state index in [2.05, 4.69) is 0 Å². The molecule has 0 aromatic heterocycles. The predicted molar refractivity (Wildman–Crippen MR) is 143 cm³/mol. The maximum atomic E-state index is 11.6. The number of aromatic hydroxyl groups is 8. The van der Waals surface area contributed by atoms with Crippen LogP contribution in [0.3, 0.4) is 0 Å². The molecule has 12 heteroatoms. The molecule has 6 rings (SSSR count). The average Bonchev–Trinajstić information content (AvgIpc) is 2.93. The molecule has 218 valence electrons. The fourth-order valence-corrected chi connectivity index (χ4v) is 5.70. The van der Waals surface area contributed by atoms with Gasteiger partial charge in [0.2, 0.25) is 0 Å². The molecule has 2 heterocycles. The summed E-state index contributed by atoms with van der Waals surface area (Å²) in [6, 6.07) is 11.0. The van der Waals surface area contributed by atoms with Gasteiger partial charge in [0.05, 0.1) is 12.0 Å². The van der Waals surface area contributed by atoms with E-state index in [1.807, 2.05) is 0 Å². The van der Waals surface area contributed by atoms with Crippen LogP contribution in [0.15, 0.2) is 54.6 Å². The lowest BCUT2D eigenvalue weighted by molar-refractivity contribution is 0.00573. The largest absolute Gasteiger partial charge is 0.508 e. The van der Waals surface area contributed by atoms with Gasteiger partial charge in [0.25, 0.3) is 0 Å². The molecular formula is C30H26O12. The van der Waals surface area contributed by atoms with Gasteiger partial charge in [-0.3, -0.25) is 0 Å². The highest BCUT2D eigenvalue weighted by atomic mass is 16.5. The minimum Gasteiger partial charge on any atom is -0.508 e. The van der Waals surface area contributed by atoms with Crippen LogP contribution in [-0.2, 0) is 6.42 Å². The molecule has 4 aromatic rings. The first-order valence-corrected chi connectivity index (χ1v) is 12.8. The van der Waals surface area contributed by atoms with Crippen molar-refractivity contribution in [3.8, 4) is 57.5 Å². The topological polar surface area (TPSA) is 221 Å². The van der Waals surface area contributed by atoms with Crippen molar-refractivity contribution in [3.05, 3.63) is 82.4 Å². The summed E-state index contributed by atoms with van der Waals surface area (Å²) in [7, 11) is 0. The number of hydrogen-bond acceptors (Lipinski definition) is 12. The number of phenolic OH excluding ortho intramolecular Hbond substituents is 8.